The molecule has 1 aliphatic rings. The van der Waals surface area contributed by atoms with Crippen LogP contribution in [0, 0.1) is 5.92 Å². The first-order valence-electron chi connectivity index (χ1n) is 5.71. The predicted molar refractivity (Wildman–Crippen MR) is 59.7 cm³/mol. The Bertz CT molecular complexity index is 203. The molecular weight excluding hydrogens is 192 g/mol. The van der Waals surface area contributed by atoms with Crippen LogP contribution in [-0.2, 0) is 9.53 Å². The Hall–Kier alpha value is -0.610. The molecule has 1 fully saturated rings. The fourth-order valence-electron chi connectivity index (χ4n) is 1.67. The fraction of sp³-hybridized carbons (Fsp3) is 0.909. The number of amides is 1. The van der Waals surface area contributed by atoms with E-state index >= 15 is 0 Å². The second-order valence-corrected chi connectivity index (χ2v) is 4.24. The monoisotopic (exact) mass is 214 g/mol. The Morgan fingerprint density at radius 1 is 1.53 bits per heavy atom. The predicted octanol–water partition coefficient (Wildman–Crippen LogP) is 0.526. The summed E-state index contributed by atoms with van der Waals surface area (Å²) in [6.45, 7) is 5.65. The molecule has 0 heterocycles. The first-order chi connectivity index (χ1) is 7.17. The quantitative estimate of drug-likeness (QED) is 0.678. The molecule has 1 aliphatic carbocycles. The Balaban J connectivity index is 2.13. The van der Waals surface area contributed by atoms with E-state index in [0.717, 1.165) is 25.9 Å². The largest absolute Gasteiger partial charge is 0.381 e. The highest BCUT2D eigenvalue weighted by atomic mass is 16.5. The highest BCUT2D eigenvalue weighted by Gasteiger charge is 2.30. The maximum Gasteiger partial charge on any atom is 0.224 e. The number of hydrogen-bond acceptors (Lipinski definition) is 3. The zero-order valence-electron chi connectivity index (χ0n) is 9.88. The summed E-state index contributed by atoms with van der Waals surface area (Å²) >= 11 is 0. The van der Waals surface area contributed by atoms with E-state index < -0.39 is 0 Å². The van der Waals surface area contributed by atoms with E-state index in [0.29, 0.717) is 12.1 Å². The molecule has 4 nitrogen and oxygen atoms in total. The van der Waals surface area contributed by atoms with Crippen LogP contribution in [0.15, 0.2) is 0 Å². The number of rotatable bonds is 6. The van der Waals surface area contributed by atoms with Gasteiger partial charge in [0.05, 0.1) is 6.10 Å². The molecule has 1 amide bonds. The number of carbonyl (C=O) groups is 1. The Morgan fingerprint density at radius 2 is 2.20 bits per heavy atom. The van der Waals surface area contributed by atoms with Crippen LogP contribution in [0.4, 0.5) is 0 Å². The van der Waals surface area contributed by atoms with Gasteiger partial charge in [0, 0.05) is 25.6 Å². The van der Waals surface area contributed by atoms with Gasteiger partial charge in [-0.2, -0.15) is 0 Å². The van der Waals surface area contributed by atoms with E-state index in [1.54, 1.807) is 7.11 Å². The van der Waals surface area contributed by atoms with Crippen LogP contribution < -0.4 is 10.6 Å². The maximum absolute atomic E-state index is 11.7. The highest BCUT2D eigenvalue weighted by Crippen LogP contribution is 2.22. The van der Waals surface area contributed by atoms with Gasteiger partial charge in [-0.05, 0) is 19.4 Å². The third-order valence-corrected chi connectivity index (χ3v) is 2.92. The normalized spacial score (nSPS) is 26.9. The van der Waals surface area contributed by atoms with Crippen molar-refractivity contribution in [2.24, 2.45) is 5.92 Å². The zero-order chi connectivity index (χ0) is 11.3. The Kier molecular flexibility index (Phi) is 5.05. The molecule has 1 saturated carbocycles. The van der Waals surface area contributed by atoms with E-state index in [2.05, 4.69) is 10.6 Å². The van der Waals surface area contributed by atoms with E-state index in [4.69, 9.17) is 4.74 Å². The van der Waals surface area contributed by atoms with Crippen molar-refractivity contribution in [2.75, 3.05) is 20.2 Å². The van der Waals surface area contributed by atoms with Crippen LogP contribution in [0.5, 0.6) is 0 Å². The van der Waals surface area contributed by atoms with Crippen molar-refractivity contribution in [1.29, 1.82) is 0 Å². The Labute approximate surface area is 91.8 Å². The molecule has 0 aromatic carbocycles. The van der Waals surface area contributed by atoms with Gasteiger partial charge in [0.15, 0.2) is 0 Å². The lowest BCUT2D eigenvalue weighted by molar-refractivity contribution is -0.126. The van der Waals surface area contributed by atoms with Gasteiger partial charge >= 0.3 is 0 Å². The van der Waals surface area contributed by atoms with E-state index in [1.165, 1.54) is 0 Å². The summed E-state index contributed by atoms with van der Waals surface area (Å²) in [5, 5.41) is 6.20. The van der Waals surface area contributed by atoms with Crippen molar-refractivity contribution >= 4 is 5.91 Å². The van der Waals surface area contributed by atoms with Crippen LogP contribution in [0.2, 0.25) is 0 Å². The molecular formula is C11H22N2O2. The lowest BCUT2D eigenvalue weighted by Gasteiger charge is -2.35. The van der Waals surface area contributed by atoms with Gasteiger partial charge < -0.3 is 15.4 Å². The van der Waals surface area contributed by atoms with Crippen LogP contribution in [0.1, 0.15) is 26.7 Å². The number of ether oxygens (including phenoxy) is 1. The van der Waals surface area contributed by atoms with Gasteiger partial charge in [-0.25, -0.2) is 0 Å². The fourth-order valence-corrected chi connectivity index (χ4v) is 1.67. The molecule has 1 atom stereocenters. The minimum absolute atomic E-state index is 0.0477. The number of methoxy groups -OCH3 is 1. The summed E-state index contributed by atoms with van der Waals surface area (Å²) in [4.78, 5) is 11.7. The SMILES string of the molecule is CCNCC(C)C(=O)NC1CC(OC)C1. The summed E-state index contributed by atoms with van der Waals surface area (Å²) in [5.74, 6) is 0.196. The summed E-state index contributed by atoms with van der Waals surface area (Å²) in [7, 11) is 1.72. The standard InChI is InChI=1S/C11H22N2O2/c1-4-12-7-8(2)11(14)13-9-5-10(6-9)15-3/h8-10,12H,4-7H2,1-3H3,(H,13,14). The maximum atomic E-state index is 11.7. The number of nitrogens with one attached hydrogen (secondary N) is 2. The molecule has 0 spiro atoms. The lowest BCUT2D eigenvalue weighted by Crippen LogP contribution is -2.49. The van der Waals surface area contributed by atoms with Crippen LogP contribution >= 0.6 is 0 Å². The molecule has 88 valence electrons. The molecule has 2 N–H and O–H groups in total. The average molecular weight is 214 g/mol. The lowest BCUT2D eigenvalue weighted by atomic mass is 9.89. The molecule has 0 aromatic rings. The van der Waals surface area contributed by atoms with Gasteiger partial charge in [0.2, 0.25) is 5.91 Å². The van der Waals surface area contributed by atoms with E-state index in [-0.39, 0.29) is 11.8 Å². The van der Waals surface area contributed by atoms with Crippen LogP contribution in [0.3, 0.4) is 0 Å². The van der Waals surface area contributed by atoms with E-state index in [9.17, 15) is 4.79 Å². The molecule has 15 heavy (non-hydrogen) atoms. The van der Waals surface area contributed by atoms with Crippen molar-refractivity contribution in [2.45, 2.75) is 38.8 Å². The second-order valence-electron chi connectivity index (χ2n) is 4.24. The number of carbonyl (C=O) groups excluding carboxylic acids is 1. The molecule has 0 saturated heterocycles. The minimum Gasteiger partial charge on any atom is -0.381 e. The van der Waals surface area contributed by atoms with Crippen molar-refractivity contribution in [3.8, 4) is 0 Å². The summed E-state index contributed by atoms with van der Waals surface area (Å²) in [6.07, 6.45) is 2.26. The van der Waals surface area contributed by atoms with Gasteiger partial charge in [-0.1, -0.05) is 13.8 Å². The van der Waals surface area contributed by atoms with Crippen LogP contribution in [0.25, 0.3) is 0 Å². The third-order valence-electron chi connectivity index (χ3n) is 2.92. The van der Waals surface area contributed by atoms with Gasteiger partial charge in [-0.3, -0.25) is 4.79 Å². The van der Waals surface area contributed by atoms with E-state index in [1.807, 2.05) is 13.8 Å². The molecule has 0 bridgehead atoms. The molecule has 1 rings (SSSR count). The van der Waals surface area contributed by atoms with Crippen LogP contribution in [-0.4, -0.2) is 38.3 Å². The van der Waals surface area contributed by atoms with Crippen molar-refractivity contribution in [1.82, 2.24) is 10.6 Å². The third kappa shape index (κ3) is 3.80. The zero-order valence-corrected chi connectivity index (χ0v) is 9.88. The molecule has 1 unspecified atom stereocenters. The molecule has 0 aliphatic heterocycles. The van der Waals surface area contributed by atoms with Gasteiger partial charge in [-0.15, -0.1) is 0 Å². The first kappa shape index (κ1) is 12.5. The van der Waals surface area contributed by atoms with Gasteiger partial charge in [0.25, 0.3) is 0 Å². The van der Waals surface area contributed by atoms with Crippen molar-refractivity contribution in [3.63, 3.8) is 0 Å². The van der Waals surface area contributed by atoms with Gasteiger partial charge in [0.1, 0.15) is 0 Å². The smallest absolute Gasteiger partial charge is 0.224 e. The second kappa shape index (κ2) is 6.08. The van der Waals surface area contributed by atoms with Crippen molar-refractivity contribution < 1.29 is 9.53 Å². The Morgan fingerprint density at radius 3 is 2.73 bits per heavy atom. The molecule has 0 aromatic heterocycles. The highest BCUT2D eigenvalue weighted by molar-refractivity contribution is 5.78. The summed E-state index contributed by atoms with van der Waals surface area (Å²) in [6, 6.07) is 0.325. The minimum atomic E-state index is 0.0477. The first-order valence-corrected chi connectivity index (χ1v) is 5.71. The summed E-state index contributed by atoms with van der Waals surface area (Å²) in [5.41, 5.74) is 0. The topological polar surface area (TPSA) is 50.4 Å². The molecule has 4 heteroatoms. The average Bonchev–Trinajstić information content (AvgIpc) is 2.18. The summed E-state index contributed by atoms with van der Waals surface area (Å²) < 4.78 is 5.16. The van der Waals surface area contributed by atoms with Crippen molar-refractivity contribution in [3.05, 3.63) is 0 Å². The number of hydrogen-bond donors (Lipinski definition) is 2. The molecule has 0 radical (unpaired) electrons.